The SMILES string of the molecule is CC(=NNC(=O)COc1ccc(F)cc1)c1cccs1. The Bertz CT molecular complexity index is 594. The van der Waals surface area contributed by atoms with Crippen LogP contribution in [0.3, 0.4) is 0 Å². The second kappa shape index (κ2) is 6.81. The van der Waals surface area contributed by atoms with Crippen LogP contribution >= 0.6 is 11.3 Å². The predicted octanol–water partition coefficient (Wildman–Crippen LogP) is 2.81. The van der Waals surface area contributed by atoms with Crippen LogP contribution in [0, 0.1) is 5.82 Å². The zero-order chi connectivity index (χ0) is 14.4. The van der Waals surface area contributed by atoms with Gasteiger partial charge in [-0.05, 0) is 42.6 Å². The van der Waals surface area contributed by atoms with E-state index in [1.54, 1.807) is 11.3 Å². The molecule has 0 saturated carbocycles. The standard InChI is InChI=1S/C14H13FN2O2S/c1-10(13-3-2-8-20-13)16-17-14(18)9-19-12-6-4-11(15)5-7-12/h2-8H,9H2,1H3,(H,17,18). The molecule has 0 saturated heterocycles. The van der Waals surface area contributed by atoms with Gasteiger partial charge in [0.05, 0.1) is 5.71 Å². The number of rotatable bonds is 5. The van der Waals surface area contributed by atoms with Gasteiger partial charge in [-0.2, -0.15) is 5.10 Å². The van der Waals surface area contributed by atoms with Gasteiger partial charge in [0.15, 0.2) is 6.61 Å². The maximum absolute atomic E-state index is 12.7. The minimum atomic E-state index is -0.370. The molecule has 6 heteroatoms. The number of benzene rings is 1. The van der Waals surface area contributed by atoms with E-state index in [1.807, 2.05) is 24.4 Å². The van der Waals surface area contributed by atoms with Gasteiger partial charge in [0.1, 0.15) is 11.6 Å². The van der Waals surface area contributed by atoms with Crippen LogP contribution in [0.4, 0.5) is 4.39 Å². The third-order valence-electron chi connectivity index (χ3n) is 2.41. The summed E-state index contributed by atoms with van der Waals surface area (Å²) in [6.07, 6.45) is 0. The van der Waals surface area contributed by atoms with E-state index in [0.717, 1.165) is 10.6 Å². The van der Waals surface area contributed by atoms with Crippen molar-refractivity contribution in [1.29, 1.82) is 0 Å². The fourth-order valence-electron chi connectivity index (χ4n) is 1.40. The summed E-state index contributed by atoms with van der Waals surface area (Å²) >= 11 is 1.55. The summed E-state index contributed by atoms with van der Waals surface area (Å²) in [6, 6.07) is 9.30. The fourth-order valence-corrected chi connectivity index (χ4v) is 2.07. The molecular weight excluding hydrogens is 279 g/mol. The molecule has 0 bridgehead atoms. The highest BCUT2D eigenvalue weighted by atomic mass is 32.1. The Labute approximate surface area is 119 Å². The van der Waals surface area contributed by atoms with Gasteiger partial charge in [-0.25, -0.2) is 9.82 Å². The van der Waals surface area contributed by atoms with Crippen LogP contribution in [0.5, 0.6) is 5.75 Å². The molecular formula is C14H13FN2O2S. The van der Waals surface area contributed by atoms with Gasteiger partial charge in [0.25, 0.3) is 5.91 Å². The molecule has 0 atom stereocenters. The number of carbonyl (C=O) groups is 1. The Morgan fingerprint density at radius 3 is 2.75 bits per heavy atom. The van der Waals surface area contributed by atoms with Crippen LogP contribution < -0.4 is 10.2 Å². The smallest absolute Gasteiger partial charge is 0.277 e. The van der Waals surface area contributed by atoms with E-state index in [4.69, 9.17) is 4.74 Å². The second-order valence-electron chi connectivity index (χ2n) is 3.95. The van der Waals surface area contributed by atoms with Crippen LogP contribution in [0.25, 0.3) is 0 Å². The average Bonchev–Trinajstić information content (AvgIpc) is 2.98. The molecule has 0 radical (unpaired) electrons. The van der Waals surface area contributed by atoms with Crippen LogP contribution in [0.1, 0.15) is 11.8 Å². The molecule has 0 aliphatic rings. The third-order valence-corrected chi connectivity index (χ3v) is 3.39. The maximum atomic E-state index is 12.7. The van der Waals surface area contributed by atoms with Crippen LogP contribution in [0.2, 0.25) is 0 Å². The van der Waals surface area contributed by atoms with Crippen molar-refractivity contribution < 1.29 is 13.9 Å². The number of amides is 1. The van der Waals surface area contributed by atoms with Crippen molar-refractivity contribution in [3.63, 3.8) is 0 Å². The number of hydrazone groups is 1. The number of hydrogen-bond acceptors (Lipinski definition) is 4. The highest BCUT2D eigenvalue weighted by molar-refractivity contribution is 7.12. The number of hydrogen-bond donors (Lipinski definition) is 1. The van der Waals surface area contributed by atoms with Crippen LogP contribution in [-0.4, -0.2) is 18.2 Å². The van der Waals surface area contributed by atoms with Crippen molar-refractivity contribution in [3.05, 3.63) is 52.5 Å². The highest BCUT2D eigenvalue weighted by Gasteiger charge is 2.03. The van der Waals surface area contributed by atoms with Crippen molar-refractivity contribution in [2.24, 2.45) is 5.10 Å². The first-order valence-electron chi connectivity index (χ1n) is 5.90. The molecule has 0 aliphatic heterocycles. The van der Waals surface area contributed by atoms with Crippen LogP contribution in [0.15, 0.2) is 46.9 Å². The maximum Gasteiger partial charge on any atom is 0.277 e. The zero-order valence-corrected chi connectivity index (χ0v) is 11.6. The monoisotopic (exact) mass is 292 g/mol. The van der Waals surface area contributed by atoms with Crippen molar-refractivity contribution >= 4 is 23.0 Å². The van der Waals surface area contributed by atoms with Gasteiger partial charge in [-0.1, -0.05) is 6.07 Å². The molecule has 1 amide bonds. The van der Waals surface area contributed by atoms with Crippen LogP contribution in [-0.2, 0) is 4.79 Å². The lowest BCUT2D eigenvalue weighted by Gasteiger charge is -2.05. The summed E-state index contributed by atoms with van der Waals surface area (Å²) in [7, 11) is 0. The highest BCUT2D eigenvalue weighted by Crippen LogP contribution is 2.11. The van der Waals surface area contributed by atoms with E-state index in [2.05, 4.69) is 10.5 Å². The number of halogens is 1. The molecule has 2 rings (SSSR count). The van der Waals surface area contributed by atoms with E-state index < -0.39 is 0 Å². The lowest BCUT2D eigenvalue weighted by Crippen LogP contribution is -2.25. The molecule has 0 spiro atoms. The Kier molecular flexibility index (Phi) is 4.84. The Balaban J connectivity index is 1.81. The molecule has 1 heterocycles. The molecule has 0 fully saturated rings. The molecule has 1 aromatic heterocycles. The zero-order valence-electron chi connectivity index (χ0n) is 10.8. The lowest BCUT2D eigenvalue weighted by molar-refractivity contribution is -0.123. The summed E-state index contributed by atoms with van der Waals surface area (Å²) in [5, 5.41) is 5.92. The summed E-state index contributed by atoms with van der Waals surface area (Å²) < 4.78 is 17.9. The summed E-state index contributed by atoms with van der Waals surface area (Å²) in [4.78, 5) is 12.5. The Morgan fingerprint density at radius 1 is 1.35 bits per heavy atom. The molecule has 0 unspecified atom stereocenters. The Morgan fingerprint density at radius 2 is 2.10 bits per heavy atom. The fraction of sp³-hybridized carbons (Fsp3) is 0.143. The van der Waals surface area contributed by atoms with E-state index >= 15 is 0 Å². The van der Waals surface area contributed by atoms with Crippen molar-refractivity contribution in [2.45, 2.75) is 6.92 Å². The van der Waals surface area contributed by atoms with Gasteiger partial charge >= 0.3 is 0 Å². The second-order valence-corrected chi connectivity index (χ2v) is 4.90. The van der Waals surface area contributed by atoms with Crippen molar-refractivity contribution in [2.75, 3.05) is 6.61 Å². The van der Waals surface area contributed by atoms with Gasteiger partial charge in [0, 0.05) is 4.88 Å². The number of carbonyl (C=O) groups excluding carboxylic acids is 1. The number of ether oxygens (including phenoxy) is 1. The third kappa shape index (κ3) is 4.17. The normalized spacial score (nSPS) is 11.2. The first-order valence-corrected chi connectivity index (χ1v) is 6.78. The first-order chi connectivity index (χ1) is 9.65. The molecule has 1 N–H and O–H groups in total. The lowest BCUT2D eigenvalue weighted by atomic mass is 10.3. The Hall–Kier alpha value is -2.21. The largest absolute Gasteiger partial charge is 0.484 e. The molecule has 20 heavy (non-hydrogen) atoms. The quantitative estimate of drug-likeness (QED) is 0.680. The number of nitrogens with one attached hydrogen (secondary N) is 1. The average molecular weight is 292 g/mol. The predicted molar refractivity (Wildman–Crippen MR) is 76.6 cm³/mol. The molecule has 4 nitrogen and oxygen atoms in total. The summed E-state index contributed by atoms with van der Waals surface area (Å²) in [5.41, 5.74) is 3.14. The van der Waals surface area contributed by atoms with E-state index in [1.165, 1.54) is 24.3 Å². The molecule has 1 aromatic carbocycles. The summed E-state index contributed by atoms with van der Waals surface area (Å²) in [5.74, 6) is -0.288. The topological polar surface area (TPSA) is 50.7 Å². The van der Waals surface area contributed by atoms with Gasteiger partial charge in [-0.3, -0.25) is 4.79 Å². The van der Waals surface area contributed by atoms with E-state index in [-0.39, 0.29) is 18.3 Å². The first kappa shape index (κ1) is 14.2. The molecule has 104 valence electrons. The van der Waals surface area contributed by atoms with Gasteiger partial charge in [0.2, 0.25) is 0 Å². The minimum Gasteiger partial charge on any atom is -0.484 e. The number of thiophene rings is 1. The van der Waals surface area contributed by atoms with Gasteiger partial charge in [-0.15, -0.1) is 11.3 Å². The van der Waals surface area contributed by atoms with E-state index in [0.29, 0.717) is 5.75 Å². The minimum absolute atomic E-state index is 0.174. The number of nitrogens with zero attached hydrogens (tertiary/aromatic N) is 1. The summed E-state index contributed by atoms with van der Waals surface area (Å²) in [6.45, 7) is 1.64. The molecule has 2 aromatic rings. The molecule has 0 aliphatic carbocycles. The van der Waals surface area contributed by atoms with Crippen molar-refractivity contribution in [1.82, 2.24) is 5.43 Å². The van der Waals surface area contributed by atoms with Crippen molar-refractivity contribution in [3.8, 4) is 5.75 Å². The van der Waals surface area contributed by atoms with E-state index in [9.17, 15) is 9.18 Å². The van der Waals surface area contributed by atoms with Gasteiger partial charge < -0.3 is 4.74 Å².